The van der Waals surface area contributed by atoms with E-state index in [9.17, 15) is 9.18 Å². The van der Waals surface area contributed by atoms with Crippen LogP contribution < -0.4 is 5.32 Å². The second-order valence-corrected chi connectivity index (χ2v) is 5.64. The smallest absolute Gasteiger partial charge is 0.268 e. The van der Waals surface area contributed by atoms with Crippen LogP contribution in [0.1, 0.15) is 21.8 Å². The maximum atomic E-state index is 14.0. The fourth-order valence-electron chi connectivity index (χ4n) is 2.80. The van der Waals surface area contributed by atoms with Gasteiger partial charge in [0.25, 0.3) is 5.91 Å². The molecule has 0 aliphatic heterocycles. The lowest BCUT2D eigenvalue weighted by atomic mass is 10.2. The van der Waals surface area contributed by atoms with Gasteiger partial charge < -0.3 is 18.7 Å². The van der Waals surface area contributed by atoms with E-state index in [1.54, 1.807) is 59.6 Å². The number of halogens is 1. The van der Waals surface area contributed by atoms with Crippen LogP contribution in [0.5, 0.6) is 0 Å². The minimum Gasteiger partial charge on any atom is -0.467 e. The van der Waals surface area contributed by atoms with Crippen LogP contribution in [-0.4, -0.2) is 10.5 Å². The third-order valence-corrected chi connectivity index (χ3v) is 4.04. The van der Waals surface area contributed by atoms with Crippen LogP contribution >= 0.6 is 0 Å². The van der Waals surface area contributed by atoms with Crippen LogP contribution in [-0.2, 0) is 13.1 Å². The molecule has 0 bridgehead atoms. The first-order valence-corrected chi connectivity index (χ1v) is 7.83. The largest absolute Gasteiger partial charge is 0.467 e. The van der Waals surface area contributed by atoms with E-state index in [0.29, 0.717) is 22.6 Å². The monoisotopic (exact) mass is 338 g/mol. The van der Waals surface area contributed by atoms with Gasteiger partial charge in [-0.05, 0) is 18.2 Å². The zero-order valence-corrected chi connectivity index (χ0v) is 13.2. The summed E-state index contributed by atoms with van der Waals surface area (Å²) in [6.07, 6.45) is 3.10. The van der Waals surface area contributed by atoms with E-state index in [1.807, 2.05) is 0 Å². The van der Waals surface area contributed by atoms with Gasteiger partial charge >= 0.3 is 0 Å². The van der Waals surface area contributed by atoms with Crippen molar-refractivity contribution in [3.05, 3.63) is 83.9 Å². The Morgan fingerprint density at radius 1 is 1.08 bits per heavy atom. The third-order valence-electron chi connectivity index (χ3n) is 4.04. The number of nitrogens with zero attached hydrogens (tertiary/aromatic N) is 1. The average Bonchev–Trinajstić information content (AvgIpc) is 3.33. The van der Waals surface area contributed by atoms with Crippen molar-refractivity contribution in [1.29, 1.82) is 0 Å². The molecule has 0 atom stereocenters. The first-order chi connectivity index (χ1) is 12.2. The van der Waals surface area contributed by atoms with Crippen LogP contribution in [0.2, 0.25) is 0 Å². The molecule has 1 aromatic carbocycles. The Morgan fingerprint density at radius 3 is 2.76 bits per heavy atom. The topological polar surface area (TPSA) is 60.3 Å². The van der Waals surface area contributed by atoms with E-state index in [-0.39, 0.29) is 24.8 Å². The van der Waals surface area contributed by atoms with Gasteiger partial charge in [-0.25, -0.2) is 4.39 Å². The van der Waals surface area contributed by atoms with Crippen molar-refractivity contribution in [1.82, 2.24) is 9.88 Å². The summed E-state index contributed by atoms with van der Waals surface area (Å²) >= 11 is 0. The van der Waals surface area contributed by atoms with Crippen molar-refractivity contribution < 1.29 is 18.0 Å². The van der Waals surface area contributed by atoms with Gasteiger partial charge in [0.2, 0.25) is 0 Å². The fourth-order valence-corrected chi connectivity index (χ4v) is 2.80. The van der Waals surface area contributed by atoms with E-state index in [1.165, 1.54) is 6.07 Å². The van der Waals surface area contributed by atoms with Crippen LogP contribution in [0.15, 0.2) is 69.9 Å². The van der Waals surface area contributed by atoms with Crippen LogP contribution in [0.4, 0.5) is 4.39 Å². The first kappa shape index (κ1) is 15.3. The highest BCUT2D eigenvalue weighted by Gasteiger charge is 2.18. The molecule has 3 aromatic heterocycles. The minimum atomic E-state index is -0.310. The molecule has 5 nitrogen and oxygen atoms in total. The highest BCUT2D eigenvalue weighted by atomic mass is 19.1. The second kappa shape index (κ2) is 6.32. The van der Waals surface area contributed by atoms with Gasteiger partial charge in [-0.2, -0.15) is 0 Å². The molecular formula is C19H15FN2O3. The number of hydrogen-bond acceptors (Lipinski definition) is 3. The molecule has 0 radical (unpaired) electrons. The molecular weight excluding hydrogens is 323 g/mol. The Balaban J connectivity index is 1.65. The Hall–Kier alpha value is -3.28. The molecule has 0 saturated heterocycles. The molecule has 0 saturated carbocycles. The number of hydrogen-bond donors (Lipinski definition) is 1. The zero-order valence-electron chi connectivity index (χ0n) is 13.2. The number of benzene rings is 1. The van der Waals surface area contributed by atoms with Gasteiger partial charge in [-0.1, -0.05) is 18.2 Å². The summed E-state index contributed by atoms with van der Waals surface area (Å²) < 4.78 is 26.4. The maximum absolute atomic E-state index is 14.0. The summed E-state index contributed by atoms with van der Waals surface area (Å²) in [4.78, 5) is 12.6. The molecule has 126 valence electrons. The fraction of sp³-hybridized carbons (Fsp3) is 0.105. The van der Waals surface area contributed by atoms with Crippen molar-refractivity contribution in [3.8, 4) is 0 Å². The molecule has 6 heteroatoms. The molecule has 0 fully saturated rings. The first-order valence-electron chi connectivity index (χ1n) is 7.83. The summed E-state index contributed by atoms with van der Waals surface area (Å²) in [6, 6.07) is 13.5. The van der Waals surface area contributed by atoms with E-state index < -0.39 is 0 Å². The van der Waals surface area contributed by atoms with Gasteiger partial charge in [0.05, 0.1) is 31.1 Å². The van der Waals surface area contributed by atoms with Gasteiger partial charge in [0.15, 0.2) is 5.58 Å². The standard InChI is InChI=1S/C19H15FN2O3/c20-15-6-2-1-4-13(15)12-22-16-7-9-25-18(16)10-17(22)19(23)21-11-14-5-3-8-24-14/h1-10H,11-12H2,(H,21,23). The number of fused-ring (bicyclic) bond motifs is 1. The summed E-state index contributed by atoms with van der Waals surface area (Å²) in [6.45, 7) is 0.511. The number of carbonyl (C=O) groups is 1. The minimum absolute atomic E-state index is 0.235. The molecule has 25 heavy (non-hydrogen) atoms. The third kappa shape index (κ3) is 2.94. The molecule has 1 N–H and O–H groups in total. The number of nitrogens with one attached hydrogen (secondary N) is 1. The summed E-state index contributed by atoms with van der Waals surface area (Å²) in [7, 11) is 0. The lowest BCUT2D eigenvalue weighted by Gasteiger charge is -2.11. The van der Waals surface area contributed by atoms with Crippen molar-refractivity contribution in [2.45, 2.75) is 13.1 Å². The number of amides is 1. The lowest BCUT2D eigenvalue weighted by Crippen LogP contribution is -2.25. The lowest BCUT2D eigenvalue weighted by molar-refractivity contribution is 0.0939. The van der Waals surface area contributed by atoms with Gasteiger partial charge in [-0.3, -0.25) is 4.79 Å². The van der Waals surface area contributed by atoms with Gasteiger partial charge in [0.1, 0.15) is 17.3 Å². The highest BCUT2D eigenvalue weighted by molar-refractivity contribution is 5.97. The Morgan fingerprint density at radius 2 is 1.96 bits per heavy atom. The van der Waals surface area contributed by atoms with Crippen molar-refractivity contribution in [2.24, 2.45) is 0 Å². The summed E-state index contributed by atoms with van der Waals surface area (Å²) in [5.41, 5.74) is 2.23. The molecule has 4 aromatic rings. The van der Waals surface area contributed by atoms with Gasteiger partial charge in [0, 0.05) is 17.7 Å². The normalized spacial score (nSPS) is 11.1. The molecule has 0 aliphatic carbocycles. The molecule has 1 amide bonds. The zero-order chi connectivity index (χ0) is 17.2. The molecule has 4 rings (SSSR count). The Kier molecular flexibility index (Phi) is 3.85. The van der Waals surface area contributed by atoms with E-state index in [0.717, 1.165) is 5.52 Å². The SMILES string of the molecule is O=C(NCc1ccco1)c1cc2occc2n1Cc1ccccc1F. The number of carbonyl (C=O) groups excluding carboxylic acids is 1. The van der Waals surface area contributed by atoms with E-state index >= 15 is 0 Å². The quantitative estimate of drug-likeness (QED) is 0.599. The predicted molar refractivity (Wildman–Crippen MR) is 89.6 cm³/mol. The molecule has 0 unspecified atom stereocenters. The number of aromatic nitrogens is 1. The van der Waals surface area contributed by atoms with Crippen molar-refractivity contribution in [3.63, 3.8) is 0 Å². The highest BCUT2D eigenvalue weighted by Crippen LogP contribution is 2.23. The number of rotatable bonds is 5. The molecule has 3 heterocycles. The maximum Gasteiger partial charge on any atom is 0.268 e. The Bertz CT molecular complexity index is 1010. The predicted octanol–water partition coefficient (Wildman–Crippen LogP) is 3.94. The van der Waals surface area contributed by atoms with E-state index in [2.05, 4.69) is 5.32 Å². The average molecular weight is 338 g/mol. The summed E-state index contributed by atoms with van der Waals surface area (Å²) in [5, 5.41) is 2.80. The Labute approximate surface area is 142 Å². The van der Waals surface area contributed by atoms with E-state index in [4.69, 9.17) is 8.83 Å². The molecule has 0 spiro atoms. The van der Waals surface area contributed by atoms with Crippen LogP contribution in [0.25, 0.3) is 11.1 Å². The number of furan rings is 2. The summed E-state index contributed by atoms with van der Waals surface area (Å²) in [5.74, 6) is 0.0678. The van der Waals surface area contributed by atoms with Crippen molar-refractivity contribution >= 4 is 17.0 Å². The van der Waals surface area contributed by atoms with Gasteiger partial charge in [-0.15, -0.1) is 0 Å². The molecule has 0 aliphatic rings. The van der Waals surface area contributed by atoms with Crippen molar-refractivity contribution in [2.75, 3.05) is 0 Å². The second-order valence-electron chi connectivity index (χ2n) is 5.64. The van der Waals surface area contributed by atoms with Crippen LogP contribution in [0.3, 0.4) is 0 Å². The van der Waals surface area contributed by atoms with Crippen LogP contribution in [0, 0.1) is 5.82 Å².